The van der Waals surface area contributed by atoms with Gasteiger partial charge in [0.15, 0.2) is 5.82 Å². The SMILES string of the molecule is Nc1ccc(Br)c(-c2nnnn2-c2ccsc2)c1. The van der Waals surface area contributed by atoms with Crippen molar-refractivity contribution in [2.75, 3.05) is 5.73 Å². The summed E-state index contributed by atoms with van der Waals surface area (Å²) in [5.74, 6) is 0.660. The first kappa shape index (κ1) is 11.4. The largest absolute Gasteiger partial charge is 0.399 e. The van der Waals surface area contributed by atoms with Gasteiger partial charge in [0.25, 0.3) is 0 Å². The number of tetrazole rings is 1. The standard InChI is InChI=1S/C11H8BrN5S/c12-10-2-1-7(13)5-9(10)11-14-15-16-17(11)8-3-4-18-6-8/h1-6H,13H2. The lowest BCUT2D eigenvalue weighted by atomic mass is 10.2. The Bertz CT molecular complexity index is 677. The van der Waals surface area contributed by atoms with Crippen molar-refractivity contribution in [1.82, 2.24) is 20.2 Å². The van der Waals surface area contributed by atoms with E-state index in [1.165, 1.54) is 0 Å². The fourth-order valence-corrected chi connectivity index (χ4v) is 2.66. The van der Waals surface area contributed by atoms with Gasteiger partial charge in [-0.3, -0.25) is 0 Å². The maximum absolute atomic E-state index is 5.81. The average molecular weight is 322 g/mol. The second-order valence-corrected chi connectivity index (χ2v) is 5.27. The van der Waals surface area contributed by atoms with Crippen LogP contribution >= 0.6 is 27.3 Å². The van der Waals surface area contributed by atoms with Gasteiger partial charge in [-0.2, -0.15) is 16.0 Å². The average Bonchev–Trinajstić information content (AvgIpc) is 3.00. The molecule has 0 aliphatic rings. The predicted octanol–water partition coefficient (Wildman–Crippen LogP) is 2.74. The minimum atomic E-state index is 0.660. The molecule has 5 nitrogen and oxygen atoms in total. The molecule has 3 rings (SSSR count). The van der Waals surface area contributed by atoms with E-state index in [9.17, 15) is 0 Å². The number of halogens is 1. The van der Waals surface area contributed by atoms with Crippen molar-refractivity contribution in [3.63, 3.8) is 0 Å². The molecule has 1 aromatic carbocycles. The number of nitrogens with two attached hydrogens (primary N) is 1. The molecule has 0 aliphatic heterocycles. The van der Waals surface area contributed by atoms with E-state index >= 15 is 0 Å². The highest BCUT2D eigenvalue weighted by Crippen LogP contribution is 2.29. The molecule has 0 saturated carbocycles. The number of aromatic nitrogens is 4. The van der Waals surface area contributed by atoms with Crippen molar-refractivity contribution in [3.05, 3.63) is 39.5 Å². The maximum Gasteiger partial charge on any atom is 0.188 e. The van der Waals surface area contributed by atoms with Gasteiger partial charge in [-0.1, -0.05) is 15.9 Å². The molecule has 3 aromatic rings. The number of hydrogen-bond acceptors (Lipinski definition) is 5. The van der Waals surface area contributed by atoms with Crippen LogP contribution in [0, 0.1) is 0 Å². The van der Waals surface area contributed by atoms with Crippen LogP contribution in [0.2, 0.25) is 0 Å². The Kier molecular flexibility index (Phi) is 2.85. The van der Waals surface area contributed by atoms with Gasteiger partial charge < -0.3 is 5.73 Å². The van der Waals surface area contributed by atoms with Gasteiger partial charge in [-0.15, -0.1) is 5.10 Å². The molecule has 7 heteroatoms. The number of anilines is 1. The topological polar surface area (TPSA) is 69.6 Å². The number of nitrogens with zero attached hydrogens (tertiary/aromatic N) is 4. The maximum atomic E-state index is 5.81. The van der Waals surface area contributed by atoms with Crippen LogP contribution in [0.3, 0.4) is 0 Å². The van der Waals surface area contributed by atoms with E-state index < -0.39 is 0 Å². The predicted molar refractivity (Wildman–Crippen MR) is 74.6 cm³/mol. The molecule has 0 bridgehead atoms. The van der Waals surface area contributed by atoms with Crippen LogP contribution in [0.25, 0.3) is 17.1 Å². The molecule has 2 heterocycles. The Morgan fingerprint density at radius 2 is 2.17 bits per heavy atom. The van der Waals surface area contributed by atoms with Gasteiger partial charge in [-0.25, -0.2) is 0 Å². The molecule has 0 aliphatic carbocycles. The van der Waals surface area contributed by atoms with E-state index in [0.29, 0.717) is 11.5 Å². The Labute approximate surface area is 115 Å². The van der Waals surface area contributed by atoms with Gasteiger partial charge in [0.1, 0.15) is 0 Å². The molecule has 0 radical (unpaired) electrons. The summed E-state index contributed by atoms with van der Waals surface area (Å²) in [7, 11) is 0. The Balaban J connectivity index is 2.19. The van der Waals surface area contributed by atoms with Crippen LogP contribution < -0.4 is 5.73 Å². The monoisotopic (exact) mass is 321 g/mol. The summed E-state index contributed by atoms with van der Waals surface area (Å²) in [4.78, 5) is 0. The highest BCUT2D eigenvalue weighted by atomic mass is 79.9. The zero-order valence-corrected chi connectivity index (χ0v) is 11.5. The van der Waals surface area contributed by atoms with E-state index in [4.69, 9.17) is 5.73 Å². The molecular weight excluding hydrogens is 314 g/mol. The van der Waals surface area contributed by atoms with Crippen LogP contribution in [-0.2, 0) is 0 Å². The van der Waals surface area contributed by atoms with Gasteiger partial charge in [0, 0.05) is 21.1 Å². The van der Waals surface area contributed by atoms with Crippen LogP contribution in [0.5, 0.6) is 0 Å². The third-order valence-corrected chi connectivity index (χ3v) is 3.81. The van der Waals surface area contributed by atoms with Gasteiger partial charge in [-0.05, 0) is 40.1 Å². The molecule has 0 atom stereocenters. The van der Waals surface area contributed by atoms with Crippen molar-refractivity contribution in [2.45, 2.75) is 0 Å². The summed E-state index contributed by atoms with van der Waals surface area (Å²) in [6, 6.07) is 7.52. The fraction of sp³-hybridized carbons (Fsp3) is 0. The van der Waals surface area contributed by atoms with E-state index in [1.54, 1.807) is 16.0 Å². The highest BCUT2D eigenvalue weighted by Gasteiger charge is 2.14. The van der Waals surface area contributed by atoms with Gasteiger partial charge in [0.05, 0.1) is 5.69 Å². The lowest BCUT2D eigenvalue weighted by molar-refractivity contribution is 0.793. The van der Waals surface area contributed by atoms with Gasteiger partial charge >= 0.3 is 0 Å². The summed E-state index contributed by atoms with van der Waals surface area (Å²) in [6.07, 6.45) is 0. The van der Waals surface area contributed by atoms with Crippen molar-refractivity contribution >= 4 is 33.0 Å². The van der Waals surface area contributed by atoms with E-state index in [0.717, 1.165) is 15.7 Å². The fourth-order valence-electron chi connectivity index (χ4n) is 1.62. The Morgan fingerprint density at radius 3 is 2.94 bits per heavy atom. The quantitative estimate of drug-likeness (QED) is 0.737. The minimum absolute atomic E-state index is 0.660. The first-order chi connectivity index (χ1) is 8.75. The molecule has 0 spiro atoms. The summed E-state index contributed by atoms with van der Waals surface area (Å²) in [6.45, 7) is 0. The molecule has 2 aromatic heterocycles. The third kappa shape index (κ3) is 1.91. The molecule has 0 saturated heterocycles. The minimum Gasteiger partial charge on any atom is -0.399 e. The summed E-state index contributed by atoms with van der Waals surface area (Å²) in [5.41, 5.74) is 8.29. The van der Waals surface area contributed by atoms with Gasteiger partial charge in [0.2, 0.25) is 0 Å². The summed E-state index contributed by atoms with van der Waals surface area (Å²) in [5, 5.41) is 15.8. The normalized spacial score (nSPS) is 10.7. The first-order valence-corrected chi connectivity index (χ1v) is 6.85. The number of hydrogen-bond donors (Lipinski definition) is 1. The highest BCUT2D eigenvalue weighted by molar-refractivity contribution is 9.10. The number of nitrogen functional groups attached to an aromatic ring is 1. The zero-order chi connectivity index (χ0) is 12.5. The smallest absolute Gasteiger partial charge is 0.188 e. The number of rotatable bonds is 2. The van der Waals surface area contributed by atoms with Crippen LogP contribution in [0.1, 0.15) is 0 Å². The molecule has 90 valence electrons. The molecule has 0 fully saturated rings. The lowest BCUT2D eigenvalue weighted by Crippen LogP contribution is -1.99. The van der Waals surface area contributed by atoms with Crippen molar-refractivity contribution in [2.24, 2.45) is 0 Å². The Hall–Kier alpha value is -1.73. The van der Waals surface area contributed by atoms with Crippen molar-refractivity contribution in [1.29, 1.82) is 0 Å². The van der Waals surface area contributed by atoms with Crippen LogP contribution in [0.4, 0.5) is 5.69 Å². The Morgan fingerprint density at radius 1 is 1.28 bits per heavy atom. The first-order valence-electron chi connectivity index (χ1n) is 5.12. The van der Waals surface area contributed by atoms with Crippen molar-refractivity contribution in [3.8, 4) is 17.1 Å². The molecule has 0 amide bonds. The van der Waals surface area contributed by atoms with Crippen LogP contribution in [0.15, 0.2) is 39.5 Å². The van der Waals surface area contributed by atoms with E-state index in [2.05, 4.69) is 31.5 Å². The second-order valence-electron chi connectivity index (χ2n) is 3.64. The lowest BCUT2D eigenvalue weighted by Gasteiger charge is -2.05. The molecular formula is C11H8BrN5S. The van der Waals surface area contributed by atoms with Crippen LogP contribution in [-0.4, -0.2) is 20.2 Å². The van der Waals surface area contributed by atoms with Crippen molar-refractivity contribution < 1.29 is 0 Å². The summed E-state index contributed by atoms with van der Waals surface area (Å²) < 4.78 is 2.60. The number of thiophene rings is 1. The zero-order valence-electron chi connectivity index (χ0n) is 9.12. The van der Waals surface area contributed by atoms with E-state index in [-0.39, 0.29) is 0 Å². The molecule has 2 N–H and O–H groups in total. The summed E-state index contributed by atoms with van der Waals surface area (Å²) >= 11 is 5.08. The van der Waals surface area contributed by atoms with E-state index in [1.807, 2.05) is 35.0 Å². The molecule has 0 unspecified atom stereocenters. The second kappa shape index (κ2) is 4.51. The molecule has 18 heavy (non-hydrogen) atoms. The third-order valence-electron chi connectivity index (χ3n) is 2.45. The number of benzene rings is 1.